The Bertz CT molecular complexity index is 377. The highest BCUT2D eigenvalue weighted by Crippen LogP contribution is 2.14. The van der Waals surface area contributed by atoms with Crippen LogP contribution in [0.4, 0.5) is 8.78 Å². The molecule has 1 aliphatic heterocycles. The lowest BCUT2D eigenvalue weighted by Crippen LogP contribution is -2.42. The first-order valence-electron chi connectivity index (χ1n) is 6.41. The summed E-state index contributed by atoms with van der Waals surface area (Å²) in [7, 11) is 0. The first-order chi connectivity index (χ1) is 8.65. The molecule has 0 aromatic heterocycles. The zero-order valence-corrected chi connectivity index (χ0v) is 10.6. The molecule has 1 fully saturated rings. The third-order valence-electron chi connectivity index (χ3n) is 3.38. The summed E-state index contributed by atoms with van der Waals surface area (Å²) < 4.78 is 31.4. The van der Waals surface area contributed by atoms with Gasteiger partial charge < -0.3 is 10.1 Å². The van der Waals surface area contributed by atoms with E-state index in [1.807, 2.05) is 0 Å². The van der Waals surface area contributed by atoms with Crippen molar-refractivity contribution < 1.29 is 13.5 Å². The van der Waals surface area contributed by atoms with E-state index < -0.39 is 11.6 Å². The van der Waals surface area contributed by atoms with Crippen LogP contribution in [0, 0.1) is 17.6 Å². The van der Waals surface area contributed by atoms with E-state index in [4.69, 9.17) is 4.74 Å². The minimum Gasteiger partial charge on any atom is -0.381 e. The normalized spacial score (nSPS) is 24.2. The van der Waals surface area contributed by atoms with Crippen molar-refractivity contribution in [3.8, 4) is 0 Å². The summed E-state index contributed by atoms with van der Waals surface area (Å²) in [6.07, 6.45) is 1.64. The van der Waals surface area contributed by atoms with Crippen molar-refractivity contribution in [1.82, 2.24) is 5.32 Å². The van der Waals surface area contributed by atoms with Crippen LogP contribution in [0.5, 0.6) is 0 Å². The van der Waals surface area contributed by atoms with Crippen molar-refractivity contribution in [3.05, 3.63) is 35.4 Å². The Balaban J connectivity index is 1.80. The molecule has 2 atom stereocenters. The molecule has 100 valence electrons. The fourth-order valence-corrected chi connectivity index (χ4v) is 2.34. The second-order valence-corrected chi connectivity index (χ2v) is 4.93. The molecule has 1 N–H and O–H groups in total. The molecule has 0 bridgehead atoms. The van der Waals surface area contributed by atoms with Crippen molar-refractivity contribution in [2.75, 3.05) is 19.8 Å². The molecular weight excluding hydrogens is 236 g/mol. The molecule has 1 heterocycles. The number of hydrogen-bond donors (Lipinski definition) is 1. The van der Waals surface area contributed by atoms with E-state index in [0.717, 1.165) is 32.2 Å². The summed E-state index contributed by atoms with van der Waals surface area (Å²) in [6, 6.07) is 4.12. The highest BCUT2D eigenvalue weighted by Gasteiger charge is 2.20. The number of halogens is 2. The monoisotopic (exact) mass is 255 g/mol. The summed E-state index contributed by atoms with van der Waals surface area (Å²) in [5, 5.41) is 3.43. The largest absolute Gasteiger partial charge is 0.381 e. The van der Waals surface area contributed by atoms with Gasteiger partial charge in [0.15, 0.2) is 0 Å². The Hall–Kier alpha value is -1.00. The van der Waals surface area contributed by atoms with Crippen molar-refractivity contribution in [2.45, 2.75) is 25.8 Å². The van der Waals surface area contributed by atoms with Crippen LogP contribution in [0.15, 0.2) is 18.2 Å². The summed E-state index contributed by atoms with van der Waals surface area (Å²) >= 11 is 0. The first-order valence-corrected chi connectivity index (χ1v) is 6.41. The average molecular weight is 255 g/mol. The van der Waals surface area contributed by atoms with E-state index in [2.05, 4.69) is 12.2 Å². The van der Waals surface area contributed by atoms with Gasteiger partial charge in [0.05, 0.1) is 6.61 Å². The SMILES string of the molecule is CC1COCCC1NCCc1cc(F)cc(F)c1. The number of hydrogen-bond acceptors (Lipinski definition) is 2. The van der Waals surface area contributed by atoms with Gasteiger partial charge in [-0.1, -0.05) is 6.92 Å². The van der Waals surface area contributed by atoms with E-state index in [1.165, 1.54) is 12.1 Å². The zero-order chi connectivity index (χ0) is 13.0. The van der Waals surface area contributed by atoms with Crippen LogP contribution < -0.4 is 5.32 Å². The van der Waals surface area contributed by atoms with E-state index in [1.54, 1.807) is 0 Å². The Morgan fingerprint density at radius 1 is 1.28 bits per heavy atom. The van der Waals surface area contributed by atoms with Crippen LogP contribution in [0.3, 0.4) is 0 Å². The molecule has 1 aromatic rings. The van der Waals surface area contributed by atoms with Gasteiger partial charge >= 0.3 is 0 Å². The summed E-state index contributed by atoms with van der Waals surface area (Å²) in [5.41, 5.74) is 0.694. The number of rotatable bonds is 4. The van der Waals surface area contributed by atoms with Gasteiger partial charge in [-0.15, -0.1) is 0 Å². The maximum Gasteiger partial charge on any atom is 0.126 e. The molecule has 2 nitrogen and oxygen atoms in total. The van der Waals surface area contributed by atoms with Crippen LogP contribution in [0.1, 0.15) is 18.9 Å². The van der Waals surface area contributed by atoms with E-state index in [9.17, 15) is 8.78 Å². The molecule has 1 aliphatic rings. The van der Waals surface area contributed by atoms with Crippen molar-refractivity contribution in [1.29, 1.82) is 0 Å². The third-order valence-corrected chi connectivity index (χ3v) is 3.38. The summed E-state index contributed by atoms with van der Waals surface area (Å²) in [4.78, 5) is 0. The van der Waals surface area contributed by atoms with Crippen molar-refractivity contribution >= 4 is 0 Å². The Morgan fingerprint density at radius 3 is 2.67 bits per heavy atom. The minimum atomic E-state index is -0.510. The van der Waals surface area contributed by atoms with E-state index in [0.29, 0.717) is 23.9 Å². The average Bonchev–Trinajstić information content (AvgIpc) is 2.30. The van der Waals surface area contributed by atoms with E-state index >= 15 is 0 Å². The van der Waals surface area contributed by atoms with Gasteiger partial charge in [-0.05, 0) is 43.0 Å². The molecule has 0 aliphatic carbocycles. The van der Waals surface area contributed by atoms with Crippen LogP contribution in [-0.2, 0) is 11.2 Å². The quantitative estimate of drug-likeness (QED) is 0.892. The van der Waals surface area contributed by atoms with Gasteiger partial charge in [0.2, 0.25) is 0 Å². The molecule has 0 amide bonds. The fraction of sp³-hybridized carbons (Fsp3) is 0.571. The van der Waals surface area contributed by atoms with Crippen LogP contribution in [0.2, 0.25) is 0 Å². The second kappa shape index (κ2) is 6.25. The van der Waals surface area contributed by atoms with Gasteiger partial charge in [0.1, 0.15) is 11.6 Å². The lowest BCUT2D eigenvalue weighted by molar-refractivity contribution is 0.0393. The smallest absolute Gasteiger partial charge is 0.126 e. The Kier molecular flexibility index (Phi) is 4.66. The molecule has 0 radical (unpaired) electrons. The lowest BCUT2D eigenvalue weighted by atomic mass is 9.97. The molecule has 2 unspecified atom stereocenters. The number of ether oxygens (including phenoxy) is 1. The fourth-order valence-electron chi connectivity index (χ4n) is 2.34. The van der Waals surface area contributed by atoms with Crippen molar-refractivity contribution in [3.63, 3.8) is 0 Å². The molecule has 1 saturated heterocycles. The number of nitrogens with one attached hydrogen (secondary N) is 1. The molecule has 0 saturated carbocycles. The maximum atomic E-state index is 13.0. The minimum absolute atomic E-state index is 0.442. The van der Waals surface area contributed by atoms with Gasteiger partial charge in [-0.3, -0.25) is 0 Å². The summed E-state index contributed by atoms with van der Waals surface area (Å²) in [6.45, 7) is 4.46. The molecule has 2 rings (SSSR count). The summed E-state index contributed by atoms with van der Waals surface area (Å²) in [5.74, 6) is -0.531. The third kappa shape index (κ3) is 3.75. The maximum absolute atomic E-state index is 13.0. The van der Waals surface area contributed by atoms with Crippen molar-refractivity contribution in [2.24, 2.45) is 5.92 Å². The van der Waals surface area contributed by atoms with E-state index in [-0.39, 0.29) is 0 Å². The zero-order valence-electron chi connectivity index (χ0n) is 10.6. The first kappa shape index (κ1) is 13.4. The van der Waals surface area contributed by atoms with Crippen LogP contribution >= 0.6 is 0 Å². The van der Waals surface area contributed by atoms with Crippen LogP contribution in [-0.4, -0.2) is 25.8 Å². The molecular formula is C14H19F2NO. The predicted octanol–water partition coefficient (Wildman–Crippen LogP) is 2.52. The second-order valence-electron chi connectivity index (χ2n) is 4.93. The van der Waals surface area contributed by atoms with Gasteiger partial charge in [-0.25, -0.2) is 8.78 Å². The lowest BCUT2D eigenvalue weighted by Gasteiger charge is -2.29. The molecule has 4 heteroatoms. The van der Waals surface area contributed by atoms with Crippen LogP contribution in [0.25, 0.3) is 0 Å². The Morgan fingerprint density at radius 2 is 2.00 bits per heavy atom. The molecule has 0 spiro atoms. The highest BCUT2D eigenvalue weighted by molar-refractivity contribution is 5.18. The van der Waals surface area contributed by atoms with Gasteiger partial charge in [0, 0.05) is 18.7 Å². The molecule has 18 heavy (non-hydrogen) atoms. The number of benzene rings is 1. The standard InChI is InChI=1S/C14H19F2NO/c1-10-9-18-5-3-14(10)17-4-2-11-6-12(15)8-13(16)7-11/h6-8,10,14,17H,2-5,9H2,1H3. The Labute approximate surface area is 106 Å². The van der Waals surface area contributed by atoms with Gasteiger partial charge in [0.25, 0.3) is 0 Å². The van der Waals surface area contributed by atoms with Gasteiger partial charge in [-0.2, -0.15) is 0 Å². The topological polar surface area (TPSA) is 21.3 Å². The predicted molar refractivity (Wildman–Crippen MR) is 66.5 cm³/mol. The molecule has 1 aromatic carbocycles. The highest BCUT2D eigenvalue weighted by atomic mass is 19.1.